The molecule has 1 aliphatic carbocycles. The molecule has 4 aliphatic rings. The van der Waals surface area contributed by atoms with Gasteiger partial charge < -0.3 is 14.5 Å². The molecule has 146 valence electrons. The lowest BCUT2D eigenvalue weighted by Gasteiger charge is -2.36. The second-order valence-corrected chi connectivity index (χ2v) is 9.17. The SMILES string of the molecule is COC(=O)C1CC2CCCCC2N1C(=O)C1=CC=CN2CCS(=O)(=O)N=C12. The van der Waals surface area contributed by atoms with Gasteiger partial charge in [0.2, 0.25) is 0 Å². The van der Waals surface area contributed by atoms with Crippen LogP contribution >= 0.6 is 0 Å². The van der Waals surface area contributed by atoms with Crippen LogP contribution in [0.1, 0.15) is 32.1 Å². The highest BCUT2D eigenvalue weighted by atomic mass is 32.2. The summed E-state index contributed by atoms with van der Waals surface area (Å²) in [4.78, 5) is 29.1. The highest BCUT2D eigenvalue weighted by molar-refractivity contribution is 7.90. The Morgan fingerprint density at radius 3 is 2.81 bits per heavy atom. The smallest absolute Gasteiger partial charge is 0.328 e. The van der Waals surface area contributed by atoms with Crippen LogP contribution in [0.25, 0.3) is 0 Å². The third-order valence-corrected chi connectivity index (χ3v) is 7.03. The molecule has 0 bridgehead atoms. The van der Waals surface area contributed by atoms with E-state index in [1.54, 1.807) is 28.2 Å². The van der Waals surface area contributed by atoms with Gasteiger partial charge in [-0.1, -0.05) is 12.8 Å². The fourth-order valence-corrected chi connectivity index (χ4v) is 5.61. The number of sulfonamides is 1. The largest absolute Gasteiger partial charge is 0.467 e. The summed E-state index contributed by atoms with van der Waals surface area (Å²) >= 11 is 0. The number of carbonyl (C=O) groups is 2. The van der Waals surface area contributed by atoms with Crippen molar-refractivity contribution in [1.29, 1.82) is 0 Å². The molecule has 3 unspecified atom stereocenters. The van der Waals surface area contributed by atoms with E-state index < -0.39 is 22.0 Å². The van der Waals surface area contributed by atoms with Crippen LogP contribution in [0.2, 0.25) is 0 Å². The predicted molar refractivity (Wildman–Crippen MR) is 98.2 cm³/mol. The molecule has 0 aromatic carbocycles. The van der Waals surface area contributed by atoms with E-state index in [4.69, 9.17) is 4.74 Å². The zero-order chi connectivity index (χ0) is 19.2. The van der Waals surface area contributed by atoms with E-state index in [0.717, 1.165) is 25.7 Å². The molecule has 3 heterocycles. The lowest BCUT2D eigenvalue weighted by molar-refractivity contribution is -0.151. The Labute approximate surface area is 158 Å². The second-order valence-electron chi connectivity index (χ2n) is 7.42. The van der Waals surface area contributed by atoms with Crippen molar-refractivity contribution < 1.29 is 22.7 Å². The molecule has 27 heavy (non-hydrogen) atoms. The van der Waals surface area contributed by atoms with Gasteiger partial charge in [0.1, 0.15) is 6.04 Å². The number of amidine groups is 1. The number of carbonyl (C=O) groups excluding carboxylic acids is 2. The fourth-order valence-electron chi connectivity index (χ4n) is 4.62. The van der Waals surface area contributed by atoms with Crippen LogP contribution in [-0.2, 0) is 24.3 Å². The molecule has 1 saturated heterocycles. The summed E-state index contributed by atoms with van der Waals surface area (Å²) in [6.07, 6.45) is 9.56. The molecular formula is C18H23N3O5S. The summed E-state index contributed by atoms with van der Waals surface area (Å²) in [7, 11) is -2.26. The number of hydrogen-bond donors (Lipinski definition) is 0. The second kappa shape index (κ2) is 6.78. The molecule has 0 radical (unpaired) electrons. The number of likely N-dealkylation sites (tertiary alicyclic amines) is 1. The Balaban J connectivity index is 1.71. The molecule has 4 rings (SSSR count). The van der Waals surface area contributed by atoms with Crippen LogP contribution in [-0.4, -0.2) is 67.4 Å². The molecular weight excluding hydrogens is 370 g/mol. The minimum atomic E-state index is -3.59. The average Bonchev–Trinajstić information content (AvgIpc) is 3.05. The lowest BCUT2D eigenvalue weighted by Crippen LogP contribution is -2.50. The summed E-state index contributed by atoms with van der Waals surface area (Å²) in [6.45, 7) is 0.259. The van der Waals surface area contributed by atoms with Crippen LogP contribution in [0.3, 0.4) is 0 Å². The summed E-state index contributed by atoms with van der Waals surface area (Å²) < 4.78 is 32.7. The van der Waals surface area contributed by atoms with Gasteiger partial charge in [-0.2, -0.15) is 0 Å². The Morgan fingerprint density at radius 1 is 1.26 bits per heavy atom. The molecule has 0 aromatic heterocycles. The summed E-state index contributed by atoms with van der Waals surface area (Å²) in [5, 5.41) is 0. The molecule has 1 saturated carbocycles. The van der Waals surface area contributed by atoms with Crippen molar-refractivity contribution in [3.63, 3.8) is 0 Å². The van der Waals surface area contributed by atoms with Gasteiger partial charge in [-0.3, -0.25) is 4.79 Å². The standard InChI is InChI=1S/C18H23N3O5S/c1-26-18(23)15-11-12-5-2-3-7-14(12)21(15)17(22)13-6-4-8-20-9-10-27(24,25)19-16(13)20/h4,6,8,12,14-15H,2-3,5,7,9-11H2,1H3. The van der Waals surface area contributed by atoms with E-state index in [2.05, 4.69) is 4.40 Å². The summed E-state index contributed by atoms with van der Waals surface area (Å²) in [5.74, 6) is -0.414. The van der Waals surface area contributed by atoms with Gasteiger partial charge in [0.25, 0.3) is 15.9 Å². The van der Waals surface area contributed by atoms with Gasteiger partial charge in [0.05, 0.1) is 18.4 Å². The molecule has 9 heteroatoms. The van der Waals surface area contributed by atoms with Crippen LogP contribution in [0.5, 0.6) is 0 Å². The van der Waals surface area contributed by atoms with Crippen molar-refractivity contribution >= 4 is 27.7 Å². The number of hydrogen-bond acceptors (Lipinski definition) is 6. The molecule has 0 spiro atoms. The van der Waals surface area contributed by atoms with Gasteiger partial charge in [-0.15, -0.1) is 4.40 Å². The normalized spacial score (nSPS) is 31.5. The van der Waals surface area contributed by atoms with Crippen molar-refractivity contribution in [2.45, 2.75) is 44.2 Å². The number of fused-ring (bicyclic) bond motifs is 2. The fraction of sp³-hybridized carbons (Fsp3) is 0.611. The first-order valence-corrected chi connectivity index (χ1v) is 10.9. The van der Waals surface area contributed by atoms with Crippen LogP contribution in [0.15, 0.2) is 28.3 Å². The van der Waals surface area contributed by atoms with Crippen molar-refractivity contribution in [3.05, 3.63) is 23.9 Å². The number of allylic oxidation sites excluding steroid dienone is 2. The van der Waals surface area contributed by atoms with E-state index in [0.29, 0.717) is 6.42 Å². The Bertz CT molecular complexity index is 860. The quantitative estimate of drug-likeness (QED) is 0.645. The van der Waals surface area contributed by atoms with Crippen molar-refractivity contribution in [2.75, 3.05) is 19.4 Å². The van der Waals surface area contributed by atoms with Gasteiger partial charge in [-0.25, -0.2) is 13.2 Å². The maximum Gasteiger partial charge on any atom is 0.328 e. The van der Waals surface area contributed by atoms with E-state index in [-0.39, 0.29) is 41.6 Å². The summed E-state index contributed by atoms with van der Waals surface area (Å²) in [6, 6.07) is -0.645. The number of rotatable bonds is 2. The number of esters is 1. The average molecular weight is 393 g/mol. The van der Waals surface area contributed by atoms with Crippen molar-refractivity contribution in [1.82, 2.24) is 9.80 Å². The number of ether oxygens (including phenoxy) is 1. The third kappa shape index (κ3) is 3.18. The molecule has 8 nitrogen and oxygen atoms in total. The first kappa shape index (κ1) is 18.2. The van der Waals surface area contributed by atoms with Gasteiger partial charge in [-0.05, 0) is 37.3 Å². The number of amides is 1. The van der Waals surface area contributed by atoms with E-state index >= 15 is 0 Å². The zero-order valence-corrected chi connectivity index (χ0v) is 16.0. The highest BCUT2D eigenvalue weighted by Gasteiger charge is 2.49. The topological polar surface area (TPSA) is 96.4 Å². The molecule has 3 aliphatic heterocycles. The monoisotopic (exact) mass is 393 g/mol. The molecule has 2 fully saturated rings. The molecule has 3 atom stereocenters. The zero-order valence-electron chi connectivity index (χ0n) is 15.2. The van der Waals surface area contributed by atoms with Gasteiger partial charge >= 0.3 is 5.97 Å². The van der Waals surface area contributed by atoms with E-state index in [1.807, 2.05) is 0 Å². The minimum Gasteiger partial charge on any atom is -0.467 e. The molecule has 0 N–H and O–H groups in total. The first-order chi connectivity index (χ1) is 12.9. The van der Waals surface area contributed by atoms with E-state index in [1.165, 1.54) is 7.11 Å². The van der Waals surface area contributed by atoms with Gasteiger partial charge in [0, 0.05) is 18.8 Å². The van der Waals surface area contributed by atoms with Gasteiger partial charge in [0.15, 0.2) is 5.84 Å². The Kier molecular flexibility index (Phi) is 4.57. The predicted octanol–water partition coefficient (Wildman–Crippen LogP) is 0.817. The maximum absolute atomic E-state index is 13.5. The third-order valence-electron chi connectivity index (χ3n) is 5.88. The van der Waals surface area contributed by atoms with Crippen LogP contribution in [0.4, 0.5) is 0 Å². The van der Waals surface area contributed by atoms with Crippen molar-refractivity contribution in [3.8, 4) is 0 Å². The van der Waals surface area contributed by atoms with Crippen LogP contribution in [0, 0.1) is 5.92 Å². The number of nitrogens with zero attached hydrogens (tertiary/aromatic N) is 3. The highest BCUT2D eigenvalue weighted by Crippen LogP contribution is 2.41. The van der Waals surface area contributed by atoms with Crippen molar-refractivity contribution in [2.24, 2.45) is 10.3 Å². The number of methoxy groups -OCH3 is 1. The Morgan fingerprint density at radius 2 is 2.04 bits per heavy atom. The Hall–Kier alpha value is -2.16. The summed E-state index contributed by atoms with van der Waals surface area (Å²) in [5.41, 5.74) is 0.223. The first-order valence-electron chi connectivity index (χ1n) is 9.30. The molecule has 1 amide bonds. The maximum atomic E-state index is 13.5. The lowest BCUT2D eigenvalue weighted by atomic mass is 9.84. The minimum absolute atomic E-state index is 0.0172. The van der Waals surface area contributed by atoms with Crippen LogP contribution < -0.4 is 0 Å². The van der Waals surface area contributed by atoms with E-state index in [9.17, 15) is 18.0 Å². The molecule has 0 aromatic rings.